The van der Waals surface area contributed by atoms with Crippen molar-refractivity contribution in [1.29, 1.82) is 0 Å². The first-order chi connectivity index (χ1) is 13.3. The number of H-pyrrole nitrogens is 1. The van der Waals surface area contributed by atoms with Crippen LogP contribution in [0.25, 0.3) is 0 Å². The van der Waals surface area contributed by atoms with E-state index in [0.717, 1.165) is 37.5 Å². The van der Waals surface area contributed by atoms with Gasteiger partial charge in [-0.25, -0.2) is 4.79 Å². The molecule has 0 aliphatic heterocycles. The lowest BCUT2D eigenvalue weighted by Gasteiger charge is -2.53. The molecule has 1 N–H and O–H groups in total. The fourth-order valence-corrected chi connectivity index (χ4v) is 6.22. The van der Waals surface area contributed by atoms with Gasteiger partial charge in [-0.05, 0) is 82.1 Å². The van der Waals surface area contributed by atoms with E-state index in [1.807, 2.05) is 0 Å². The number of hydrogen-bond acceptors (Lipinski definition) is 5. The summed E-state index contributed by atoms with van der Waals surface area (Å²) >= 11 is 0. The number of ether oxygens (including phenoxy) is 2. The van der Waals surface area contributed by atoms with Crippen LogP contribution in [-0.4, -0.2) is 35.9 Å². The zero-order valence-corrected chi connectivity index (χ0v) is 17.0. The van der Waals surface area contributed by atoms with Gasteiger partial charge in [0.2, 0.25) is 5.78 Å². The Hall–Kier alpha value is -2.11. The maximum atomic E-state index is 12.9. The van der Waals surface area contributed by atoms with Crippen molar-refractivity contribution in [3.8, 4) is 0 Å². The highest BCUT2D eigenvalue weighted by atomic mass is 16.5. The lowest BCUT2D eigenvalue weighted by atomic mass is 9.52. The Morgan fingerprint density at radius 1 is 1.00 bits per heavy atom. The largest absolute Gasteiger partial charge is 0.465 e. The topological polar surface area (TPSA) is 85.5 Å². The van der Waals surface area contributed by atoms with Gasteiger partial charge in [0.1, 0.15) is 0 Å². The standard InChI is InChI=1S/C22H29NO5/c1-10-17(21(25)27-4)11(2)23-19(10)20(24)12(3)28-22(26)18-15-6-13-5-14(8-15)9-16(18)7-13/h12-16,18,23H,5-9H2,1-4H3/t12-,13?,14?,15?,16?,18?/m0/s1. The number of carbonyl (C=O) groups excluding carboxylic acids is 3. The van der Waals surface area contributed by atoms with Gasteiger partial charge in [0.15, 0.2) is 6.10 Å². The van der Waals surface area contributed by atoms with E-state index in [0.29, 0.717) is 34.4 Å². The number of hydrogen-bond donors (Lipinski definition) is 1. The molecule has 0 spiro atoms. The van der Waals surface area contributed by atoms with Gasteiger partial charge in [0.05, 0.1) is 24.3 Å². The van der Waals surface area contributed by atoms with Crippen molar-refractivity contribution in [3.05, 3.63) is 22.5 Å². The van der Waals surface area contributed by atoms with E-state index in [9.17, 15) is 14.4 Å². The molecule has 6 heteroatoms. The maximum Gasteiger partial charge on any atom is 0.339 e. The lowest BCUT2D eigenvalue weighted by molar-refractivity contribution is -0.165. The van der Waals surface area contributed by atoms with Crippen molar-refractivity contribution >= 4 is 17.7 Å². The molecule has 6 nitrogen and oxygen atoms in total. The monoisotopic (exact) mass is 387 g/mol. The fraction of sp³-hybridized carbons (Fsp3) is 0.682. The van der Waals surface area contributed by atoms with Crippen molar-refractivity contribution in [2.75, 3.05) is 7.11 Å². The highest BCUT2D eigenvalue weighted by molar-refractivity contribution is 6.04. The molecule has 4 fully saturated rings. The van der Waals surface area contributed by atoms with Crippen LogP contribution in [0, 0.1) is 43.4 Å². The van der Waals surface area contributed by atoms with Crippen molar-refractivity contribution in [2.24, 2.45) is 29.6 Å². The zero-order valence-electron chi connectivity index (χ0n) is 17.0. The van der Waals surface area contributed by atoms with Crippen LogP contribution in [0.3, 0.4) is 0 Å². The van der Waals surface area contributed by atoms with Crippen LogP contribution < -0.4 is 0 Å². The number of aromatic amines is 1. The number of carbonyl (C=O) groups is 3. The summed E-state index contributed by atoms with van der Waals surface area (Å²) in [5, 5.41) is 0. The molecule has 4 aliphatic carbocycles. The van der Waals surface area contributed by atoms with Crippen LogP contribution in [0.5, 0.6) is 0 Å². The van der Waals surface area contributed by atoms with Crippen molar-refractivity contribution in [1.82, 2.24) is 4.98 Å². The van der Waals surface area contributed by atoms with Crippen LogP contribution in [0.1, 0.15) is 71.1 Å². The number of nitrogens with one attached hydrogen (secondary N) is 1. The first kappa shape index (κ1) is 19.2. The molecule has 0 aromatic carbocycles. The van der Waals surface area contributed by atoms with Crippen LogP contribution in [0.15, 0.2) is 0 Å². The molecule has 1 atom stereocenters. The highest BCUT2D eigenvalue weighted by Crippen LogP contribution is 2.56. The molecule has 1 aromatic heterocycles. The normalized spacial score (nSPS) is 31.5. The van der Waals surface area contributed by atoms with Crippen LogP contribution in [-0.2, 0) is 14.3 Å². The summed E-state index contributed by atoms with van der Waals surface area (Å²) in [6, 6.07) is 0. The molecule has 1 heterocycles. The summed E-state index contributed by atoms with van der Waals surface area (Å²) in [5.41, 5.74) is 1.79. The summed E-state index contributed by atoms with van der Waals surface area (Å²) in [4.78, 5) is 40.8. The average molecular weight is 387 g/mol. The summed E-state index contributed by atoms with van der Waals surface area (Å²) in [6.45, 7) is 5.04. The number of aromatic nitrogens is 1. The van der Waals surface area contributed by atoms with Crippen molar-refractivity contribution in [2.45, 2.75) is 59.0 Å². The molecule has 152 valence electrons. The van der Waals surface area contributed by atoms with Gasteiger partial charge in [-0.1, -0.05) is 0 Å². The Kier molecular flexibility index (Phi) is 4.84. The van der Waals surface area contributed by atoms with Gasteiger partial charge in [0.25, 0.3) is 0 Å². The predicted octanol–water partition coefficient (Wildman–Crippen LogP) is 3.60. The van der Waals surface area contributed by atoms with Crippen molar-refractivity contribution < 1.29 is 23.9 Å². The molecule has 0 radical (unpaired) electrons. The van der Waals surface area contributed by atoms with Gasteiger partial charge in [0, 0.05) is 5.69 Å². The number of Topliss-reactive ketones (excluding diaryl/α,β-unsaturated/α-hetero) is 1. The fourth-order valence-electron chi connectivity index (χ4n) is 6.22. The molecular weight excluding hydrogens is 358 g/mol. The molecule has 1 aromatic rings. The second-order valence-corrected chi connectivity index (χ2v) is 9.02. The summed E-state index contributed by atoms with van der Waals surface area (Å²) in [6.07, 6.45) is 4.97. The van der Waals surface area contributed by atoms with Crippen LogP contribution >= 0.6 is 0 Å². The Bertz CT molecular complexity index is 795. The molecule has 4 aliphatic rings. The quantitative estimate of drug-likeness (QED) is 0.616. The third-order valence-corrected chi connectivity index (χ3v) is 7.23. The number of methoxy groups -OCH3 is 1. The van der Waals surface area contributed by atoms with Crippen LogP contribution in [0.4, 0.5) is 0 Å². The molecule has 0 amide bonds. The van der Waals surface area contributed by atoms with E-state index in [-0.39, 0.29) is 17.7 Å². The van der Waals surface area contributed by atoms with Gasteiger partial charge >= 0.3 is 11.9 Å². The minimum atomic E-state index is -0.882. The summed E-state index contributed by atoms with van der Waals surface area (Å²) < 4.78 is 10.5. The van der Waals surface area contributed by atoms with E-state index >= 15 is 0 Å². The van der Waals surface area contributed by atoms with E-state index < -0.39 is 12.1 Å². The molecule has 0 unspecified atom stereocenters. The van der Waals surface area contributed by atoms with Gasteiger partial charge in [-0.3, -0.25) is 9.59 Å². The molecular formula is C22H29NO5. The smallest absolute Gasteiger partial charge is 0.339 e. The summed E-state index contributed by atoms with van der Waals surface area (Å²) in [7, 11) is 1.31. The first-order valence-corrected chi connectivity index (χ1v) is 10.3. The number of aryl methyl sites for hydroxylation is 1. The highest BCUT2D eigenvalue weighted by Gasteiger charge is 2.51. The number of ketones is 1. The van der Waals surface area contributed by atoms with E-state index in [1.165, 1.54) is 13.5 Å². The Balaban J connectivity index is 1.47. The van der Waals surface area contributed by atoms with Gasteiger partial charge in [-0.2, -0.15) is 0 Å². The van der Waals surface area contributed by atoms with E-state index in [4.69, 9.17) is 9.47 Å². The molecule has 28 heavy (non-hydrogen) atoms. The molecule has 5 rings (SSSR count). The lowest BCUT2D eigenvalue weighted by Crippen LogP contribution is -2.49. The molecule has 4 saturated carbocycles. The molecule has 0 saturated heterocycles. The summed E-state index contributed by atoms with van der Waals surface area (Å²) in [5.74, 6) is 1.34. The molecule has 4 bridgehead atoms. The first-order valence-electron chi connectivity index (χ1n) is 10.3. The third kappa shape index (κ3) is 3.07. The zero-order chi connectivity index (χ0) is 20.2. The predicted molar refractivity (Wildman–Crippen MR) is 102 cm³/mol. The van der Waals surface area contributed by atoms with E-state index in [2.05, 4.69) is 4.98 Å². The number of esters is 2. The maximum absolute atomic E-state index is 12.9. The third-order valence-electron chi connectivity index (χ3n) is 7.23. The van der Waals surface area contributed by atoms with Crippen molar-refractivity contribution in [3.63, 3.8) is 0 Å². The Labute approximate surface area is 165 Å². The second-order valence-electron chi connectivity index (χ2n) is 9.02. The second kappa shape index (κ2) is 7.05. The van der Waals surface area contributed by atoms with Gasteiger partial charge in [-0.15, -0.1) is 0 Å². The Morgan fingerprint density at radius 3 is 2.11 bits per heavy atom. The van der Waals surface area contributed by atoms with Gasteiger partial charge < -0.3 is 14.5 Å². The Morgan fingerprint density at radius 2 is 1.57 bits per heavy atom. The minimum Gasteiger partial charge on any atom is -0.465 e. The number of rotatable bonds is 5. The minimum absolute atomic E-state index is 0.0554. The van der Waals surface area contributed by atoms with E-state index in [1.54, 1.807) is 20.8 Å². The average Bonchev–Trinajstić information content (AvgIpc) is 2.93. The van der Waals surface area contributed by atoms with Crippen LogP contribution in [0.2, 0.25) is 0 Å². The SMILES string of the molecule is COC(=O)c1c(C)[nH]c(C(=O)[C@H](C)OC(=O)C2C3CC4CC(C3)CC2C4)c1C.